The van der Waals surface area contributed by atoms with E-state index in [1.807, 2.05) is 0 Å². The van der Waals surface area contributed by atoms with Crippen LogP contribution < -0.4 is 10.1 Å². The molecule has 0 unspecified atom stereocenters. The minimum atomic E-state index is -4.17. The van der Waals surface area contributed by atoms with Crippen molar-refractivity contribution in [3.63, 3.8) is 0 Å². The second-order valence-electron chi connectivity index (χ2n) is 5.08. The monoisotopic (exact) mass is 426 g/mol. The molecule has 0 aliphatic rings. The fourth-order valence-electron chi connectivity index (χ4n) is 1.99. The summed E-state index contributed by atoms with van der Waals surface area (Å²) in [5.41, 5.74) is 0.0698. The number of methoxy groups -OCH3 is 2. The van der Waals surface area contributed by atoms with E-state index in [1.54, 1.807) is 6.92 Å². The number of sulfone groups is 1. The molecule has 0 saturated carbocycles. The molecule has 1 aromatic carbocycles. The number of carbonyl (C=O) groups is 2. The number of anilines is 1. The van der Waals surface area contributed by atoms with E-state index in [0.717, 1.165) is 24.6 Å². The first kappa shape index (κ1) is 21.4. The zero-order valence-corrected chi connectivity index (χ0v) is 16.9. The normalized spacial score (nSPS) is 11.6. The summed E-state index contributed by atoms with van der Waals surface area (Å²) in [5.74, 6) is -1.18. The highest BCUT2D eigenvalue weighted by Gasteiger charge is 2.28. The van der Waals surface area contributed by atoms with Crippen LogP contribution in [0.15, 0.2) is 45.6 Å². The van der Waals surface area contributed by atoms with E-state index < -0.39 is 26.7 Å². The number of hydrogen-bond donors (Lipinski definition) is 1. The maximum absolute atomic E-state index is 12.8. The average Bonchev–Trinajstić information content (AvgIpc) is 3.17. The van der Waals surface area contributed by atoms with Gasteiger partial charge in [-0.25, -0.2) is 23.0 Å². The van der Waals surface area contributed by atoms with Crippen LogP contribution in [-0.4, -0.2) is 46.2 Å². The average molecular weight is 426 g/mol. The lowest BCUT2D eigenvalue weighted by Gasteiger charge is -2.08. The van der Waals surface area contributed by atoms with Crippen molar-refractivity contribution in [2.24, 2.45) is 0 Å². The highest BCUT2D eigenvalue weighted by atomic mass is 32.2. The van der Waals surface area contributed by atoms with Crippen LogP contribution in [0.4, 0.5) is 5.13 Å². The Hall–Kier alpha value is -2.92. The molecule has 28 heavy (non-hydrogen) atoms. The van der Waals surface area contributed by atoms with Crippen LogP contribution >= 0.6 is 11.3 Å². The molecule has 0 radical (unpaired) electrons. The Morgan fingerprint density at radius 2 is 1.89 bits per heavy atom. The molecular formula is C17H18N2O7S2. The molecule has 0 atom stereocenters. The predicted molar refractivity (Wildman–Crippen MR) is 102 cm³/mol. The molecule has 0 aliphatic heterocycles. The van der Waals surface area contributed by atoms with Gasteiger partial charge in [-0.3, -0.25) is 0 Å². The van der Waals surface area contributed by atoms with E-state index in [9.17, 15) is 18.0 Å². The van der Waals surface area contributed by atoms with Crippen LogP contribution in [0.25, 0.3) is 0 Å². The lowest BCUT2D eigenvalue weighted by atomic mass is 10.3. The Kier molecular flexibility index (Phi) is 7.12. The zero-order valence-electron chi connectivity index (χ0n) is 15.3. The lowest BCUT2D eigenvalue weighted by Crippen LogP contribution is -2.17. The first-order valence-electron chi connectivity index (χ1n) is 7.90. The largest absolute Gasteiger partial charge is 0.497 e. The fraction of sp³-hybridized carbons (Fsp3) is 0.235. The van der Waals surface area contributed by atoms with Crippen LogP contribution in [0, 0.1) is 0 Å². The third-order valence-corrected chi connectivity index (χ3v) is 5.89. The third-order valence-electron chi connectivity index (χ3n) is 3.36. The van der Waals surface area contributed by atoms with Crippen LogP contribution in [0.1, 0.15) is 17.4 Å². The second-order valence-corrected chi connectivity index (χ2v) is 7.86. The van der Waals surface area contributed by atoms with Gasteiger partial charge in [-0.2, -0.15) is 0 Å². The number of benzene rings is 1. The minimum absolute atomic E-state index is 0.0698. The number of carbonyl (C=O) groups excluding carboxylic acids is 2. The van der Waals surface area contributed by atoms with Crippen molar-refractivity contribution in [1.82, 2.24) is 4.98 Å². The van der Waals surface area contributed by atoms with Gasteiger partial charge in [0.2, 0.25) is 9.84 Å². The molecule has 0 aliphatic carbocycles. The van der Waals surface area contributed by atoms with Crippen molar-refractivity contribution in [2.45, 2.75) is 11.8 Å². The summed E-state index contributed by atoms with van der Waals surface area (Å²) < 4.78 is 40.0. The standard InChI is InChI=1S/C17H18N2O7S2/c1-4-26-15(20)13-10-27-17(19-13)18-9-14(16(21)25-3)28(22,23)12-7-5-11(24-2)6-8-12/h5-10H,4H2,1-3H3,(H,18,19)/b14-9+. The van der Waals surface area contributed by atoms with E-state index >= 15 is 0 Å². The lowest BCUT2D eigenvalue weighted by molar-refractivity contribution is -0.135. The number of hydrogen-bond acceptors (Lipinski definition) is 10. The summed E-state index contributed by atoms with van der Waals surface area (Å²) in [6.45, 7) is 1.87. The SMILES string of the molecule is CCOC(=O)c1csc(N/C=C(\C(=O)OC)S(=O)(=O)c2ccc(OC)cc2)n1. The van der Waals surface area contributed by atoms with Gasteiger partial charge in [-0.1, -0.05) is 0 Å². The van der Waals surface area contributed by atoms with Gasteiger partial charge in [0, 0.05) is 11.6 Å². The summed E-state index contributed by atoms with van der Waals surface area (Å²) in [7, 11) is -1.65. The number of nitrogens with zero attached hydrogens (tertiary/aromatic N) is 1. The molecular weight excluding hydrogens is 408 g/mol. The number of thiazole rings is 1. The van der Waals surface area contributed by atoms with Crippen LogP contribution in [0.2, 0.25) is 0 Å². The molecule has 150 valence electrons. The van der Waals surface area contributed by atoms with E-state index in [2.05, 4.69) is 15.0 Å². The van der Waals surface area contributed by atoms with E-state index in [-0.39, 0.29) is 22.3 Å². The smallest absolute Gasteiger partial charge is 0.357 e. The molecule has 1 aromatic heterocycles. The molecule has 0 spiro atoms. The van der Waals surface area contributed by atoms with E-state index in [0.29, 0.717) is 5.75 Å². The first-order valence-corrected chi connectivity index (χ1v) is 10.3. The zero-order chi connectivity index (χ0) is 20.7. The highest BCUT2D eigenvalue weighted by molar-refractivity contribution is 7.96. The molecule has 0 bridgehead atoms. The Morgan fingerprint density at radius 3 is 2.46 bits per heavy atom. The van der Waals surface area contributed by atoms with Gasteiger partial charge < -0.3 is 19.5 Å². The number of nitrogens with one attached hydrogen (secondary N) is 1. The summed E-state index contributed by atoms with van der Waals surface area (Å²) in [6.07, 6.45) is 0.971. The first-order chi connectivity index (χ1) is 13.3. The Morgan fingerprint density at radius 1 is 1.21 bits per heavy atom. The number of esters is 2. The van der Waals surface area contributed by atoms with Gasteiger partial charge in [0.05, 0.1) is 25.7 Å². The molecule has 0 saturated heterocycles. The van der Waals surface area contributed by atoms with Gasteiger partial charge in [0.25, 0.3) is 0 Å². The Labute approximate surface area is 165 Å². The Balaban J connectivity index is 2.32. The van der Waals surface area contributed by atoms with Crippen LogP contribution in [0.3, 0.4) is 0 Å². The molecule has 2 rings (SSSR count). The van der Waals surface area contributed by atoms with Gasteiger partial charge in [0.1, 0.15) is 5.75 Å². The highest BCUT2D eigenvalue weighted by Crippen LogP contribution is 2.24. The maximum Gasteiger partial charge on any atom is 0.357 e. The second kappa shape index (κ2) is 9.33. The van der Waals surface area contributed by atoms with Crippen LogP contribution in [-0.2, 0) is 24.1 Å². The van der Waals surface area contributed by atoms with E-state index in [1.165, 1.54) is 36.8 Å². The molecule has 11 heteroatoms. The summed E-state index contributed by atoms with van der Waals surface area (Å²) in [4.78, 5) is 27.0. The predicted octanol–water partition coefficient (Wildman–Crippen LogP) is 2.23. The van der Waals surface area contributed by atoms with Crippen molar-refractivity contribution >= 4 is 38.2 Å². The topological polar surface area (TPSA) is 121 Å². The van der Waals surface area contributed by atoms with Crippen LogP contribution in [0.5, 0.6) is 5.75 Å². The molecule has 0 fully saturated rings. The van der Waals surface area contributed by atoms with Crippen molar-refractivity contribution in [3.05, 3.63) is 46.4 Å². The van der Waals surface area contributed by atoms with Crippen molar-refractivity contribution in [1.29, 1.82) is 0 Å². The summed E-state index contributed by atoms with van der Waals surface area (Å²) in [5, 5.41) is 4.26. The number of rotatable bonds is 8. The van der Waals surface area contributed by atoms with Gasteiger partial charge in [-0.15, -0.1) is 11.3 Å². The summed E-state index contributed by atoms with van der Waals surface area (Å²) >= 11 is 1.05. The summed E-state index contributed by atoms with van der Waals surface area (Å²) in [6, 6.07) is 5.55. The van der Waals surface area contributed by atoms with Crippen molar-refractivity contribution in [3.8, 4) is 5.75 Å². The van der Waals surface area contributed by atoms with Gasteiger partial charge >= 0.3 is 11.9 Å². The van der Waals surface area contributed by atoms with Crippen molar-refractivity contribution in [2.75, 3.05) is 26.1 Å². The number of aromatic nitrogens is 1. The third kappa shape index (κ3) is 4.87. The molecule has 0 amide bonds. The number of ether oxygens (including phenoxy) is 3. The maximum atomic E-state index is 12.8. The minimum Gasteiger partial charge on any atom is -0.497 e. The molecule has 1 N–H and O–H groups in total. The quantitative estimate of drug-likeness (QED) is 0.500. The van der Waals surface area contributed by atoms with Crippen molar-refractivity contribution < 1.29 is 32.2 Å². The van der Waals surface area contributed by atoms with Gasteiger partial charge in [0.15, 0.2) is 15.7 Å². The molecule has 1 heterocycles. The molecule has 2 aromatic rings. The van der Waals surface area contributed by atoms with E-state index in [4.69, 9.17) is 9.47 Å². The van der Waals surface area contributed by atoms with Gasteiger partial charge in [-0.05, 0) is 31.2 Å². The Bertz CT molecular complexity index is 979. The molecule has 9 nitrogen and oxygen atoms in total. The fourth-order valence-corrected chi connectivity index (χ4v) is 3.91.